The molecule has 1 saturated carbocycles. The third-order valence-electron chi connectivity index (χ3n) is 2.82. The first-order valence-corrected chi connectivity index (χ1v) is 5.80. The number of methoxy groups -OCH3 is 1. The van der Waals surface area contributed by atoms with Crippen LogP contribution in [0.15, 0.2) is 6.07 Å². The molecule has 1 aliphatic rings. The molecule has 0 bridgehead atoms. The average Bonchev–Trinajstić information content (AvgIpc) is 2.76. The molecule has 1 heterocycles. The lowest BCUT2D eigenvalue weighted by Crippen LogP contribution is -2.15. The van der Waals surface area contributed by atoms with Gasteiger partial charge in [0, 0.05) is 17.0 Å². The maximum atomic E-state index is 5.87. The molecule has 2 rings (SSSR count). The molecule has 2 N–H and O–H groups in total. The van der Waals surface area contributed by atoms with Gasteiger partial charge in [-0.15, -0.1) is 0 Å². The SMILES string of the molecule is COc1cc(CC2CCC(N)C2)sn1. The van der Waals surface area contributed by atoms with Crippen LogP contribution in [0.4, 0.5) is 0 Å². The van der Waals surface area contributed by atoms with Crippen LogP contribution in [0.5, 0.6) is 5.88 Å². The van der Waals surface area contributed by atoms with Crippen LogP contribution in [0.2, 0.25) is 0 Å². The number of hydrogen-bond donors (Lipinski definition) is 1. The van der Waals surface area contributed by atoms with Gasteiger partial charge in [0.1, 0.15) is 0 Å². The normalized spacial score (nSPS) is 26.7. The van der Waals surface area contributed by atoms with Crippen molar-refractivity contribution in [3.05, 3.63) is 10.9 Å². The Morgan fingerprint density at radius 1 is 1.64 bits per heavy atom. The van der Waals surface area contributed by atoms with Gasteiger partial charge in [-0.2, -0.15) is 4.37 Å². The van der Waals surface area contributed by atoms with E-state index in [0.29, 0.717) is 6.04 Å². The third kappa shape index (κ3) is 2.25. The highest BCUT2D eigenvalue weighted by Crippen LogP contribution is 2.29. The van der Waals surface area contributed by atoms with Crippen LogP contribution in [0.25, 0.3) is 0 Å². The second-order valence-corrected chi connectivity index (χ2v) is 4.87. The second kappa shape index (κ2) is 4.28. The van der Waals surface area contributed by atoms with E-state index >= 15 is 0 Å². The lowest BCUT2D eigenvalue weighted by Gasteiger charge is -2.05. The van der Waals surface area contributed by atoms with Gasteiger partial charge in [-0.3, -0.25) is 0 Å². The molecule has 0 aliphatic heterocycles. The molecule has 1 fully saturated rings. The summed E-state index contributed by atoms with van der Waals surface area (Å²) in [5, 5.41) is 0. The Morgan fingerprint density at radius 2 is 2.50 bits per heavy atom. The molecular weight excluding hydrogens is 196 g/mol. The van der Waals surface area contributed by atoms with Crippen LogP contribution in [0.3, 0.4) is 0 Å². The molecule has 1 aromatic rings. The van der Waals surface area contributed by atoms with E-state index in [-0.39, 0.29) is 0 Å². The van der Waals surface area contributed by atoms with Gasteiger partial charge >= 0.3 is 0 Å². The zero-order chi connectivity index (χ0) is 9.97. The van der Waals surface area contributed by atoms with E-state index in [2.05, 4.69) is 4.37 Å². The van der Waals surface area contributed by atoms with E-state index in [4.69, 9.17) is 10.5 Å². The van der Waals surface area contributed by atoms with Gasteiger partial charge in [0.05, 0.1) is 7.11 Å². The van der Waals surface area contributed by atoms with Crippen molar-refractivity contribution in [1.82, 2.24) is 4.37 Å². The van der Waals surface area contributed by atoms with Crippen LogP contribution >= 0.6 is 11.5 Å². The standard InChI is InChI=1S/C10H16N2OS/c1-13-10-6-9(14-12-10)5-7-2-3-8(11)4-7/h6-8H,2-5,11H2,1H3. The summed E-state index contributed by atoms with van der Waals surface area (Å²) in [6.07, 6.45) is 4.73. The first-order valence-electron chi connectivity index (χ1n) is 5.03. The van der Waals surface area contributed by atoms with Gasteiger partial charge in [0.25, 0.3) is 0 Å². The Kier molecular flexibility index (Phi) is 3.03. The van der Waals surface area contributed by atoms with Gasteiger partial charge in [-0.05, 0) is 43.1 Å². The summed E-state index contributed by atoms with van der Waals surface area (Å²) in [5.41, 5.74) is 5.87. The molecule has 2 atom stereocenters. The summed E-state index contributed by atoms with van der Waals surface area (Å²) in [6, 6.07) is 2.46. The highest BCUT2D eigenvalue weighted by atomic mass is 32.1. The summed E-state index contributed by atoms with van der Waals surface area (Å²) in [6.45, 7) is 0. The highest BCUT2D eigenvalue weighted by molar-refractivity contribution is 7.05. The molecule has 0 amide bonds. The lowest BCUT2D eigenvalue weighted by atomic mass is 10.0. The van der Waals surface area contributed by atoms with E-state index in [9.17, 15) is 0 Å². The maximum Gasteiger partial charge on any atom is 0.225 e. The molecule has 0 spiro atoms. The summed E-state index contributed by atoms with van der Waals surface area (Å²) in [4.78, 5) is 1.32. The number of nitrogens with two attached hydrogens (primary N) is 1. The summed E-state index contributed by atoms with van der Waals surface area (Å²) < 4.78 is 9.24. The molecule has 78 valence electrons. The molecule has 2 unspecified atom stereocenters. The number of hydrogen-bond acceptors (Lipinski definition) is 4. The first-order chi connectivity index (χ1) is 6.78. The fourth-order valence-corrected chi connectivity index (χ4v) is 2.87. The van der Waals surface area contributed by atoms with Crippen molar-refractivity contribution in [3.8, 4) is 5.88 Å². The van der Waals surface area contributed by atoms with E-state index in [1.165, 1.54) is 24.1 Å². The third-order valence-corrected chi connectivity index (χ3v) is 3.61. The van der Waals surface area contributed by atoms with Crippen LogP contribution in [-0.2, 0) is 6.42 Å². The predicted molar refractivity (Wildman–Crippen MR) is 57.7 cm³/mol. The Hall–Kier alpha value is -0.610. The fraction of sp³-hybridized carbons (Fsp3) is 0.700. The van der Waals surface area contributed by atoms with Crippen LogP contribution in [0.1, 0.15) is 24.1 Å². The smallest absolute Gasteiger partial charge is 0.225 e. The van der Waals surface area contributed by atoms with Crippen molar-refractivity contribution in [2.24, 2.45) is 11.7 Å². The molecule has 14 heavy (non-hydrogen) atoms. The molecule has 0 radical (unpaired) electrons. The van der Waals surface area contributed by atoms with E-state index in [1.807, 2.05) is 6.07 Å². The number of rotatable bonds is 3. The lowest BCUT2D eigenvalue weighted by molar-refractivity contribution is 0.402. The van der Waals surface area contributed by atoms with E-state index < -0.39 is 0 Å². The monoisotopic (exact) mass is 212 g/mol. The molecule has 0 saturated heterocycles. The number of aromatic nitrogens is 1. The van der Waals surface area contributed by atoms with Gasteiger partial charge < -0.3 is 10.5 Å². The maximum absolute atomic E-state index is 5.87. The molecule has 0 aromatic carbocycles. The number of nitrogens with zero attached hydrogens (tertiary/aromatic N) is 1. The summed E-state index contributed by atoms with van der Waals surface area (Å²) in [5.74, 6) is 1.50. The Balaban J connectivity index is 1.90. The van der Waals surface area contributed by atoms with E-state index in [0.717, 1.165) is 18.2 Å². The minimum atomic E-state index is 0.426. The zero-order valence-electron chi connectivity index (χ0n) is 8.40. The minimum Gasteiger partial charge on any atom is -0.480 e. The van der Waals surface area contributed by atoms with Crippen LogP contribution in [0, 0.1) is 5.92 Å². The van der Waals surface area contributed by atoms with Crippen LogP contribution < -0.4 is 10.5 Å². The average molecular weight is 212 g/mol. The van der Waals surface area contributed by atoms with Gasteiger partial charge in [0.2, 0.25) is 5.88 Å². The van der Waals surface area contributed by atoms with Crippen molar-refractivity contribution < 1.29 is 4.74 Å². The van der Waals surface area contributed by atoms with Gasteiger partial charge in [0.15, 0.2) is 0 Å². The van der Waals surface area contributed by atoms with Crippen molar-refractivity contribution in [3.63, 3.8) is 0 Å². The molecule has 1 aromatic heterocycles. The van der Waals surface area contributed by atoms with Crippen molar-refractivity contribution in [2.45, 2.75) is 31.7 Å². The Labute approximate surface area is 88.4 Å². The van der Waals surface area contributed by atoms with Crippen molar-refractivity contribution in [1.29, 1.82) is 0 Å². The quantitative estimate of drug-likeness (QED) is 0.831. The fourth-order valence-electron chi connectivity index (χ4n) is 2.07. The number of ether oxygens (including phenoxy) is 1. The highest BCUT2D eigenvalue weighted by Gasteiger charge is 2.22. The Bertz CT molecular complexity index is 300. The largest absolute Gasteiger partial charge is 0.480 e. The van der Waals surface area contributed by atoms with Gasteiger partial charge in [-0.1, -0.05) is 0 Å². The molecule has 1 aliphatic carbocycles. The topological polar surface area (TPSA) is 48.1 Å². The van der Waals surface area contributed by atoms with E-state index in [1.54, 1.807) is 18.6 Å². The molecule has 3 nitrogen and oxygen atoms in total. The molecule has 4 heteroatoms. The zero-order valence-corrected chi connectivity index (χ0v) is 9.22. The predicted octanol–water partition coefficient (Wildman–Crippen LogP) is 1.82. The van der Waals surface area contributed by atoms with Gasteiger partial charge in [-0.25, -0.2) is 0 Å². The van der Waals surface area contributed by atoms with Crippen molar-refractivity contribution in [2.75, 3.05) is 7.11 Å². The second-order valence-electron chi connectivity index (χ2n) is 3.98. The summed E-state index contributed by atoms with van der Waals surface area (Å²) in [7, 11) is 1.66. The minimum absolute atomic E-state index is 0.426. The summed E-state index contributed by atoms with van der Waals surface area (Å²) >= 11 is 1.55. The Morgan fingerprint density at radius 3 is 3.07 bits per heavy atom. The first kappa shape index (κ1) is 9.93. The van der Waals surface area contributed by atoms with Crippen LogP contribution in [-0.4, -0.2) is 17.5 Å². The molecular formula is C10H16N2OS. The van der Waals surface area contributed by atoms with Crippen molar-refractivity contribution >= 4 is 11.5 Å².